The summed E-state index contributed by atoms with van der Waals surface area (Å²) in [5.74, 6) is 0. The summed E-state index contributed by atoms with van der Waals surface area (Å²) in [7, 11) is 0. The van der Waals surface area contributed by atoms with E-state index in [1.54, 1.807) is 0 Å². The van der Waals surface area contributed by atoms with Crippen LogP contribution < -0.4 is 5.32 Å². The van der Waals surface area contributed by atoms with Gasteiger partial charge in [-0.25, -0.2) is 0 Å². The Morgan fingerprint density at radius 3 is 2.80 bits per heavy atom. The maximum absolute atomic E-state index is 3.77. The Kier molecular flexibility index (Phi) is 4.49. The number of benzene rings is 1. The third-order valence-electron chi connectivity index (χ3n) is 3.73. The minimum Gasteiger partial charge on any atom is -0.308 e. The molecule has 20 heavy (non-hydrogen) atoms. The van der Waals surface area contributed by atoms with E-state index in [2.05, 4.69) is 55.6 Å². The Balaban J connectivity index is 1.81. The number of hydrogen-bond acceptors (Lipinski definition) is 3. The molecule has 0 fully saturated rings. The molecule has 0 aliphatic carbocycles. The van der Waals surface area contributed by atoms with Gasteiger partial charge in [0.25, 0.3) is 0 Å². The van der Waals surface area contributed by atoms with Gasteiger partial charge in [0.2, 0.25) is 0 Å². The summed E-state index contributed by atoms with van der Waals surface area (Å²) in [6.07, 6.45) is 2.37. The van der Waals surface area contributed by atoms with E-state index in [1.807, 2.05) is 23.1 Å². The normalized spacial score (nSPS) is 19.0. The van der Waals surface area contributed by atoms with Crippen LogP contribution in [-0.2, 0) is 6.42 Å². The van der Waals surface area contributed by atoms with Gasteiger partial charge in [0.05, 0.1) is 6.04 Å². The van der Waals surface area contributed by atoms with Crippen LogP contribution in [-0.4, -0.2) is 11.8 Å². The van der Waals surface area contributed by atoms with Crippen molar-refractivity contribution in [2.45, 2.75) is 42.9 Å². The highest BCUT2D eigenvalue weighted by Crippen LogP contribution is 2.43. The molecule has 3 rings (SSSR count). The Morgan fingerprint density at radius 2 is 2.10 bits per heavy atom. The fourth-order valence-electron chi connectivity index (χ4n) is 2.73. The number of rotatable bonds is 5. The van der Waals surface area contributed by atoms with E-state index in [1.165, 1.54) is 33.1 Å². The molecule has 1 nitrogen and oxygen atoms in total. The van der Waals surface area contributed by atoms with Crippen LogP contribution in [0, 0.1) is 6.92 Å². The van der Waals surface area contributed by atoms with E-state index in [4.69, 9.17) is 0 Å². The summed E-state index contributed by atoms with van der Waals surface area (Å²) in [5, 5.41) is 4.39. The zero-order valence-electron chi connectivity index (χ0n) is 12.1. The van der Waals surface area contributed by atoms with Gasteiger partial charge in [-0.1, -0.05) is 25.1 Å². The molecule has 2 atom stereocenters. The third-order valence-corrected chi connectivity index (χ3v) is 6.20. The summed E-state index contributed by atoms with van der Waals surface area (Å²) in [4.78, 5) is 4.36. The summed E-state index contributed by atoms with van der Waals surface area (Å²) in [6, 6.07) is 13.9. The molecule has 0 saturated heterocycles. The molecule has 106 valence electrons. The largest absolute Gasteiger partial charge is 0.308 e. The minimum atomic E-state index is 0.478. The van der Waals surface area contributed by atoms with Crippen molar-refractivity contribution in [3.63, 3.8) is 0 Å². The van der Waals surface area contributed by atoms with Gasteiger partial charge in [0.15, 0.2) is 0 Å². The lowest BCUT2D eigenvalue weighted by atomic mass is 10.0. The average Bonchev–Trinajstić information content (AvgIpc) is 3.05. The van der Waals surface area contributed by atoms with Gasteiger partial charge in [-0.05, 0) is 50.1 Å². The second-order valence-corrected chi connectivity index (χ2v) is 7.95. The van der Waals surface area contributed by atoms with Crippen LogP contribution in [0.1, 0.15) is 34.7 Å². The number of thioether (sulfide) groups is 1. The Bertz CT molecular complexity index is 551. The fraction of sp³-hybridized carbons (Fsp3) is 0.412. The molecule has 2 unspecified atom stereocenters. The van der Waals surface area contributed by atoms with Crippen LogP contribution in [0.15, 0.2) is 41.3 Å². The molecular formula is C17H21NS2. The predicted molar refractivity (Wildman–Crippen MR) is 89.9 cm³/mol. The van der Waals surface area contributed by atoms with Gasteiger partial charge in [0, 0.05) is 19.9 Å². The maximum Gasteiger partial charge on any atom is 0.0542 e. The van der Waals surface area contributed by atoms with E-state index in [9.17, 15) is 0 Å². The van der Waals surface area contributed by atoms with Crippen molar-refractivity contribution in [3.8, 4) is 0 Å². The molecule has 0 saturated carbocycles. The molecule has 2 aromatic rings. The van der Waals surface area contributed by atoms with Crippen molar-refractivity contribution >= 4 is 23.1 Å². The zero-order chi connectivity index (χ0) is 13.9. The highest BCUT2D eigenvalue weighted by molar-refractivity contribution is 8.00. The molecule has 3 heteroatoms. The molecule has 0 radical (unpaired) electrons. The second-order valence-electron chi connectivity index (χ2n) is 5.35. The van der Waals surface area contributed by atoms with E-state index >= 15 is 0 Å². The molecular weight excluding hydrogens is 282 g/mol. The summed E-state index contributed by atoms with van der Waals surface area (Å²) in [6.45, 7) is 5.52. The first-order valence-corrected chi connectivity index (χ1v) is 9.02. The van der Waals surface area contributed by atoms with Crippen LogP contribution in [0.2, 0.25) is 0 Å². The number of hydrogen-bond donors (Lipinski definition) is 1. The summed E-state index contributed by atoms with van der Waals surface area (Å²) in [5.41, 5.74) is 1.51. The standard InChI is InChI=1S/C17H21NS2/c1-3-10-18-17(15-9-8-12(2)19-15)16-11-13-6-4-5-7-14(13)20-16/h4-9,16-18H,3,10-11H2,1-2H3. The first-order valence-electron chi connectivity index (χ1n) is 7.32. The molecule has 0 spiro atoms. The summed E-state index contributed by atoms with van der Waals surface area (Å²) >= 11 is 3.98. The smallest absolute Gasteiger partial charge is 0.0542 e. The molecule has 1 aromatic carbocycles. The van der Waals surface area contributed by atoms with E-state index in [0.717, 1.165) is 6.54 Å². The number of fused-ring (bicyclic) bond motifs is 1. The van der Waals surface area contributed by atoms with Crippen molar-refractivity contribution in [2.24, 2.45) is 0 Å². The minimum absolute atomic E-state index is 0.478. The highest BCUT2D eigenvalue weighted by Gasteiger charge is 2.30. The van der Waals surface area contributed by atoms with Crippen molar-refractivity contribution in [3.05, 3.63) is 51.7 Å². The van der Waals surface area contributed by atoms with Crippen LogP contribution in [0.5, 0.6) is 0 Å². The zero-order valence-corrected chi connectivity index (χ0v) is 13.7. The van der Waals surface area contributed by atoms with Gasteiger partial charge in [-0.15, -0.1) is 23.1 Å². The van der Waals surface area contributed by atoms with Crippen molar-refractivity contribution in [1.29, 1.82) is 0 Å². The molecule has 1 aliphatic rings. The van der Waals surface area contributed by atoms with E-state index in [0.29, 0.717) is 11.3 Å². The number of thiophene rings is 1. The molecule has 1 aliphatic heterocycles. The first-order chi connectivity index (χ1) is 9.78. The molecule has 0 bridgehead atoms. The van der Waals surface area contributed by atoms with Gasteiger partial charge >= 0.3 is 0 Å². The monoisotopic (exact) mass is 303 g/mol. The lowest BCUT2D eigenvalue weighted by Gasteiger charge is -2.23. The van der Waals surface area contributed by atoms with Crippen LogP contribution in [0.3, 0.4) is 0 Å². The average molecular weight is 303 g/mol. The molecule has 0 amide bonds. The Labute approximate surface area is 129 Å². The SMILES string of the molecule is CCCNC(c1ccc(C)s1)C1Cc2ccccc2S1. The molecule has 2 heterocycles. The fourth-order valence-corrected chi connectivity index (χ4v) is 5.26. The van der Waals surface area contributed by atoms with E-state index < -0.39 is 0 Å². The van der Waals surface area contributed by atoms with Crippen molar-refractivity contribution < 1.29 is 0 Å². The van der Waals surface area contributed by atoms with Gasteiger partial charge in [0.1, 0.15) is 0 Å². The lowest BCUT2D eigenvalue weighted by molar-refractivity contribution is 0.521. The Hall–Kier alpha value is -0.770. The van der Waals surface area contributed by atoms with Gasteiger partial charge in [-0.3, -0.25) is 0 Å². The van der Waals surface area contributed by atoms with Gasteiger partial charge < -0.3 is 5.32 Å². The number of nitrogens with one attached hydrogen (secondary N) is 1. The van der Waals surface area contributed by atoms with E-state index in [-0.39, 0.29) is 0 Å². The predicted octanol–water partition coefficient (Wildman–Crippen LogP) is 4.81. The van der Waals surface area contributed by atoms with Crippen LogP contribution in [0.25, 0.3) is 0 Å². The third kappa shape index (κ3) is 2.95. The maximum atomic E-state index is 3.77. The van der Waals surface area contributed by atoms with Crippen molar-refractivity contribution in [1.82, 2.24) is 5.32 Å². The van der Waals surface area contributed by atoms with Crippen LogP contribution >= 0.6 is 23.1 Å². The lowest BCUT2D eigenvalue weighted by Crippen LogP contribution is -2.30. The van der Waals surface area contributed by atoms with Gasteiger partial charge in [-0.2, -0.15) is 0 Å². The van der Waals surface area contributed by atoms with Crippen LogP contribution in [0.4, 0.5) is 0 Å². The molecule has 1 aromatic heterocycles. The first kappa shape index (κ1) is 14.2. The quantitative estimate of drug-likeness (QED) is 0.850. The summed E-state index contributed by atoms with van der Waals surface area (Å²) < 4.78 is 0. The number of aryl methyl sites for hydroxylation is 1. The Morgan fingerprint density at radius 1 is 1.25 bits per heavy atom. The second kappa shape index (κ2) is 6.33. The molecule has 1 N–H and O–H groups in total. The topological polar surface area (TPSA) is 12.0 Å². The highest BCUT2D eigenvalue weighted by atomic mass is 32.2. The van der Waals surface area contributed by atoms with Crippen molar-refractivity contribution in [2.75, 3.05) is 6.54 Å².